The van der Waals surface area contributed by atoms with E-state index in [0.717, 1.165) is 0 Å². The summed E-state index contributed by atoms with van der Waals surface area (Å²) < 4.78 is 1.35. The number of hydrogen-bond acceptors (Lipinski definition) is 4. The normalized spacial score (nSPS) is 9.59. The molecule has 156 valence electrons. The van der Waals surface area contributed by atoms with Gasteiger partial charge in [-0.2, -0.15) is 0 Å². The molecule has 0 aromatic heterocycles. The van der Waals surface area contributed by atoms with Crippen molar-refractivity contribution < 1.29 is 29.4 Å². The Labute approximate surface area is 209 Å². The van der Waals surface area contributed by atoms with Gasteiger partial charge in [0.05, 0.1) is 11.1 Å². The monoisotopic (exact) mass is 696 g/mol. The van der Waals surface area contributed by atoms with Crippen molar-refractivity contribution in [1.82, 2.24) is 0 Å². The van der Waals surface area contributed by atoms with Gasteiger partial charge in [-0.05, 0) is 111 Å². The first-order chi connectivity index (χ1) is 12.9. The predicted octanol–water partition coefficient (Wildman–Crippen LogP) is 7.21. The number of carbonyl (C=O) groups excluding carboxylic acids is 2. The van der Waals surface area contributed by atoms with E-state index in [2.05, 4.69) is 63.7 Å². The summed E-state index contributed by atoms with van der Waals surface area (Å²) in [7, 11) is 0. The summed E-state index contributed by atoms with van der Waals surface area (Å²) in [5.41, 5.74) is 0.587. The van der Waals surface area contributed by atoms with Gasteiger partial charge in [-0.1, -0.05) is 7.43 Å². The van der Waals surface area contributed by atoms with Crippen molar-refractivity contribution in [2.24, 2.45) is 0 Å². The second-order valence-corrected chi connectivity index (χ2v) is 8.89. The number of rotatable bonds is 4. The summed E-state index contributed by atoms with van der Waals surface area (Å²) >= 11 is 22.8. The van der Waals surface area contributed by atoms with E-state index in [1.807, 2.05) is 0 Å². The van der Waals surface area contributed by atoms with Crippen LogP contribution in [0.3, 0.4) is 0 Å². The maximum Gasteiger partial charge on any atom is 0.336 e. The van der Waals surface area contributed by atoms with Crippen LogP contribution < -0.4 is 0 Å². The Bertz CT molecular complexity index is 835. The van der Waals surface area contributed by atoms with Crippen LogP contribution in [0.5, 0.6) is 0 Å². The lowest BCUT2D eigenvalue weighted by Crippen LogP contribution is -2.03. The van der Waals surface area contributed by atoms with Crippen molar-refractivity contribution in [3.8, 4) is 0 Å². The molecule has 0 aliphatic heterocycles. The number of benzene rings is 2. The third kappa shape index (κ3) is 7.76. The maximum absolute atomic E-state index is 10.9. The molecule has 0 radical (unpaired) electrons. The summed E-state index contributed by atoms with van der Waals surface area (Å²) in [6.45, 7) is 0. The van der Waals surface area contributed by atoms with Crippen LogP contribution >= 0.6 is 86.9 Å². The van der Waals surface area contributed by atoms with Crippen molar-refractivity contribution in [1.29, 1.82) is 0 Å². The van der Waals surface area contributed by atoms with Crippen LogP contribution in [0.1, 0.15) is 48.9 Å². The molecule has 0 aliphatic rings. The van der Waals surface area contributed by atoms with Crippen molar-refractivity contribution in [2.75, 3.05) is 0 Å². The SMILES string of the molecule is C.O=C(Cl)c1cc(Br)c(C(=O)Cl)cc1Br.O=C(O)c1cc(Br)c(C(=O)O)cc1Br. The van der Waals surface area contributed by atoms with Crippen LogP contribution in [0, 0.1) is 0 Å². The van der Waals surface area contributed by atoms with Gasteiger partial charge in [0.25, 0.3) is 10.5 Å². The zero-order valence-electron chi connectivity index (χ0n) is 13.1. The molecule has 0 saturated carbocycles. The van der Waals surface area contributed by atoms with Crippen molar-refractivity contribution in [2.45, 2.75) is 7.43 Å². The van der Waals surface area contributed by atoms with E-state index in [1.54, 1.807) is 0 Å². The molecule has 0 fully saturated rings. The molecule has 0 saturated heterocycles. The molecule has 12 heteroatoms. The van der Waals surface area contributed by atoms with Gasteiger partial charge in [-0.3, -0.25) is 9.59 Å². The topological polar surface area (TPSA) is 109 Å². The first-order valence-electron chi connectivity index (χ1n) is 6.71. The molecule has 0 heterocycles. The summed E-state index contributed by atoms with van der Waals surface area (Å²) in [6.07, 6.45) is 0. The van der Waals surface area contributed by atoms with Gasteiger partial charge in [0, 0.05) is 29.0 Å². The Balaban J connectivity index is 0.000000523. The molecule has 6 nitrogen and oxygen atoms in total. The largest absolute Gasteiger partial charge is 0.478 e. The molecule has 0 amide bonds. The number of hydrogen-bond donors (Lipinski definition) is 2. The Morgan fingerprint density at radius 3 is 1.00 bits per heavy atom. The van der Waals surface area contributed by atoms with Gasteiger partial charge in [0.2, 0.25) is 0 Å². The van der Waals surface area contributed by atoms with E-state index in [-0.39, 0.29) is 38.6 Å². The molecule has 29 heavy (non-hydrogen) atoms. The van der Waals surface area contributed by atoms with Gasteiger partial charge in [-0.25, -0.2) is 9.59 Å². The Kier molecular flexibility index (Phi) is 11.8. The van der Waals surface area contributed by atoms with Crippen molar-refractivity contribution >= 4 is 109 Å². The highest BCUT2D eigenvalue weighted by atomic mass is 79.9. The van der Waals surface area contributed by atoms with Crippen LogP contribution in [-0.4, -0.2) is 32.6 Å². The van der Waals surface area contributed by atoms with Gasteiger partial charge >= 0.3 is 11.9 Å². The van der Waals surface area contributed by atoms with Gasteiger partial charge in [0.15, 0.2) is 0 Å². The summed E-state index contributed by atoms with van der Waals surface area (Å²) in [6, 6.07) is 5.37. The molecular weight excluding hydrogens is 691 g/mol. The van der Waals surface area contributed by atoms with E-state index < -0.39 is 22.4 Å². The molecule has 2 N–H and O–H groups in total. The van der Waals surface area contributed by atoms with Gasteiger partial charge < -0.3 is 10.2 Å². The lowest BCUT2D eigenvalue weighted by molar-refractivity contribution is 0.0679. The number of aromatic carboxylic acids is 2. The molecule has 0 atom stereocenters. The van der Waals surface area contributed by atoms with E-state index >= 15 is 0 Å². The minimum absolute atomic E-state index is 0. The highest BCUT2D eigenvalue weighted by molar-refractivity contribution is 9.11. The van der Waals surface area contributed by atoms with E-state index in [9.17, 15) is 19.2 Å². The summed E-state index contributed by atoms with van der Waals surface area (Å²) in [5.74, 6) is -2.23. The van der Waals surface area contributed by atoms with E-state index in [1.165, 1.54) is 24.3 Å². The van der Waals surface area contributed by atoms with E-state index in [4.69, 9.17) is 33.4 Å². The lowest BCUT2D eigenvalue weighted by Gasteiger charge is -2.03. The fourth-order valence-corrected chi connectivity index (χ4v) is 4.34. The minimum atomic E-state index is -1.12. The van der Waals surface area contributed by atoms with Gasteiger partial charge in [0.1, 0.15) is 0 Å². The Morgan fingerprint density at radius 1 is 0.586 bits per heavy atom. The number of halogens is 6. The predicted molar refractivity (Wildman–Crippen MR) is 125 cm³/mol. The number of carboxylic acids is 2. The average molecular weight is 701 g/mol. The van der Waals surface area contributed by atoms with Crippen LogP contribution in [0.25, 0.3) is 0 Å². The second-order valence-electron chi connectivity index (χ2n) is 4.78. The summed E-state index contributed by atoms with van der Waals surface area (Å²) in [4.78, 5) is 43.1. The highest BCUT2D eigenvalue weighted by Gasteiger charge is 2.16. The van der Waals surface area contributed by atoms with Crippen LogP contribution in [0.4, 0.5) is 0 Å². The van der Waals surface area contributed by atoms with Crippen LogP contribution in [-0.2, 0) is 0 Å². The zero-order chi connectivity index (χ0) is 21.8. The third-order valence-electron chi connectivity index (χ3n) is 3.00. The Morgan fingerprint density at radius 2 is 0.793 bits per heavy atom. The Hall–Kier alpha value is -0.780. The van der Waals surface area contributed by atoms with Crippen LogP contribution in [0.2, 0.25) is 0 Å². The molecular formula is C17H10Br4Cl2O6. The van der Waals surface area contributed by atoms with Gasteiger partial charge in [-0.15, -0.1) is 0 Å². The van der Waals surface area contributed by atoms with Crippen molar-refractivity contribution in [3.05, 3.63) is 64.4 Å². The van der Waals surface area contributed by atoms with E-state index in [0.29, 0.717) is 8.95 Å². The fraction of sp³-hybridized carbons (Fsp3) is 0.0588. The third-order valence-corrected chi connectivity index (χ3v) is 6.03. The zero-order valence-corrected chi connectivity index (χ0v) is 21.0. The molecule has 0 unspecified atom stereocenters. The number of carboxylic acid groups (broad SMARTS) is 2. The molecule has 0 spiro atoms. The molecule has 2 rings (SSSR count). The molecule has 0 bridgehead atoms. The lowest BCUT2D eigenvalue weighted by atomic mass is 10.1. The number of carbonyl (C=O) groups is 4. The fourth-order valence-electron chi connectivity index (χ4n) is 1.72. The van der Waals surface area contributed by atoms with Crippen molar-refractivity contribution in [3.63, 3.8) is 0 Å². The second kappa shape index (κ2) is 12.2. The average Bonchev–Trinajstić information content (AvgIpc) is 2.57. The first kappa shape index (κ1) is 28.2. The highest BCUT2D eigenvalue weighted by Crippen LogP contribution is 2.28. The molecule has 2 aromatic carbocycles. The van der Waals surface area contributed by atoms with Crippen LogP contribution in [0.15, 0.2) is 42.2 Å². The smallest absolute Gasteiger partial charge is 0.336 e. The first-order valence-corrected chi connectivity index (χ1v) is 10.6. The maximum atomic E-state index is 10.9. The quantitative estimate of drug-likeness (QED) is 0.327. The molecule has 0 aliphatic carbocycles. The summed E-state index contributed by atoms with van der Waals surface area (Å²) in [5, 5.41) is 16.2. The molecule has 2 aromatic rings. The standard InChI is InChI=1S/C8H2Br2Cl2O2.C8H4Br2O4.CH4/c9-5-1-3(7(11)13)6(10)2-4(5)8(12)14;9-5-1-3(7(11)12)6(10)2-4(5)8(13)14;/h1-2H;1-2H,(H,11,12)(H,13,14);1H4. The minimum Gasteiger partial charge on any atom is -0.478 e.